The summed E-state index contributed by atoms with van der Waals surface area (Å²) in [5.74, 6) is -0.351. The standard InChI is InChI=1S/C23H18N6O3S/c1-15-10-21(29(28-15)19-5-3-4-16(11-19)12-24)22(30)27-23-25-13-18(14-26-23)17-6-8-20(9-7-17)33(2,31)32/h3-11,13-14H,1-2H3,(H,25,26,27,30). The Labute approximate surface area is 190 Å². The molecule has 4 aromatic rings. The average Bonchev–Trinajstić information content (AvgIpc) is 3.21. The molecular weight excluding hydrogens is 440 g/mol. The molecule has 2 aromatic carbocycles. The van der Waals surface area contributed by atoms with Crippen LogP contribution < -0.4 is 5.32 Å². The normalized spacial score (nSPS) is 11.1. The number of aromatic nitrogens is 4. The van der Waals surface area contributed by atoms with Crippen LogP contribution in [0.15, 0.2) is 71.9 Å². The molecule has 0 fully saturated rings. The van der Waals surface area contributed by atoms with E-state index in [0.29, 0.717) is 22.5 Å². The Morgan fingerprint density at radius 3 is 2.36 bits per heavy atom. The molecule has 4 rings (SSSR count). The highest BCUT2D eigenvalue weighted by Crippen LogP contribution is 2.21. The molecule has 0 radical (unpaired) electrons. The van der Waals surface area contributed by atoms with Gasteiger partial charge in [-0.15, -0.1) is 0 Å². The second-order valence-corrected chi connectivity index (χ2v) is 9.31. The molecule has 2 heterocycles. The monoisotopic (exact) mass is 458 g/mol. The first-order valence-electron chi connectivity index (χ1n) is 9.76. The number of nitriles is 1. The van der Waals surface area contributed by atoms with E-state index >= 15 is 0 Å². The van der Waals surface area contributed by atoms with Gasteiger partial charge in [-0.1, -0.05) is 18.2 Å². The highest BCUT2D eigenvalue weighted by molar-refractivity contribution is 7.90. The quantitative estimate of drug-likeness (QED) is 0.486. The Hall–Kier alpha value is -4.36. The molecule has 10 heteroatoms. The Bertz CT molecular complexity index is 1480. The lowest BCUT2D eigenvalue weighted by Crippen LogP contribution is -2.18. The first-order chi connectivity index (χ1) is 15.7. The van der Waals surface area contributed by atoms with Gasteiger partial charge in [-0.3, -0.25) is 10.1 Å². The summed E-state index contributed by atoms with van der Waals surface area (Å²) in [4.78, 5) is 21.5. The number of nitrogens with zero attached hydrogens (tertiary/aromatic N) is 5. The molecule has 0 bridgehead atoms. The van der Waals surface area contributed by atoms with Gasteiger partial charge in [0.25, 0.3) is 5.91 Å². The Morgan fingerprint density at radius 1 is 1.03 bits per heavy atom. The van der Waals surface area contributed by atoms with Gasteiger partial charge in [0.2, 0.25) is 5.95 Å². The average molecular weight is 459 g/mol. The predicted molar refractivity (Wildman–Crippen MR) is 122 cm³/mol. The first kappa shape index (κ1) is 21.9. The maximum Gasteiger partial charge on any atom is 0.276 e. The van der Waals surface area contributed by atoms with E-state index in [2.05, 4.69) is 26.5 Å². The molecule has 0 aliphatic heterocycles. The van der Waals surface area contributed by atoms with E-state index in [9.17, 15) is 13.2 Å². The minimum atomic E-state index is -3.28. The van der Waals surface area contributed by atoms with Crippen LogP contribution in [0.3, 0.4) is 0 Å². The number of rotatable bonds is 5. The Kier molecular flexibility index (Phi) is 5.72. The molecule has 1 amide bonds. The van der Waals surface area contributed by atoms with Crippen LogP contribution in [0.1, 0.15) is 21.7 Å². The van der Waals surface area contributed by atoms with Crippen LogP contribution in [0.5, 0.6) is 0 Å². The fraction of sp³-hybridized carbons (Fsp3) is 0.0870. The van der Waals surface area contributed by atoms with Crippen LogP contribution in [0.4, 0.5) is 5.95 Å². The predicted octanol–water partition coefficient (Wildman–Crippen LogP) is 3.17. The van der Waals surface area contributed by atoms with Crippen LogP contribution >= 0.6 is 0 Å². The van der Waals surface area contributed by atoms with Crippen molar-refractivity contribution in [1.82, 2.24) is 19.7 Å². The highest BCUT2D eigenvalue weighted by Gasteiger charge is 2.17. The number of hydrogen-bond acceptors (Lipinski definition) is 7. The van der Waals surface area contributed by atoms with Crippen LogP contribution in [0, 0.1) is 18.3 Å². The molecule has 0 spiro atoms. The summed E-state index contributed by atoms with van der Waals surface area (Å²) in [6.07, 6.45) is 4.23. The fourth-order valence-electron chi connectivity index (χ4n) is 3.17. The molecule has 0 saturated carbocycles. The minimum Gasteiger partial charge on any atom is -0.289 e. The smallest absolute Gasteiger partial charge is 0.276 e. The third-order valence-electron chi connectivity index (χ3n) is 4.78. The lowest BCUT2D eigenvalue weighted by atomic mass is 10.1. The molecule has 0 aliphatic rings. The van der Waals surface area contributed by atoms with Gasteiger partial charge in [-0.2, -0.15) is 10.4 Å². The number of aryl methyl sites for hydroxylation is 1. The summed E-state index contributed by atoms with van der Waals surface area (Å²) < 4.78 is 24.7. The SMILES string of the molecule is Cc1cc(C(=O)Nc2ncc(-c3ccc(S(C)(=O)=O)cc3)cn2)n(-c2cccc(C#N)c2)n1. The van der Waals surface area contributed by atoms with E-state index in [1.165, 1.54) is 29.2 Å². The lowest BCUT2D eigenvalue weighted by Gasteiger charge is -2.08. The molecule has 0 unspecified atom stereocenters. The first-order valence-corrected chi connectivity index (χ1v) is 11.6. The summed E-state index contributed by atoms with van der Waals surface area (Å²) in [6, 6.07) is 16.9. The lowest BCUT2D eigenvalue weighted by molar-refractivity contribution is 0.101. The van der Waals surface area contributed by atoms with Crippen molar-refractivity contribution in [2.24, 2.45) is 0 Å². The number of carbonyl (C=O) groups excluding carboxylic acids is 1. The van der Waals surface area contributed by atoms with Gasteiger partial charge in [0.15, 0.2) is 9.84 Å². The Balaban J connectivity index is 1.55. The zero-order valence-corrected chi connectivity index (χ0v) is 18.5. The number of sulfone groups is 1. The number of amides is 1. The van der Waals surface area contributed by atoms with Gasteiger partial charge < -0.3 is 0 Å². The van der Waals surface area contributed by atoms with E-state index < -0.39 is 15.7 Å². The van der Waals surface area contributed by atoms with Gasteiger partial charge >= 0.3 is 0 Å². The van der Waals surface area contributed by atoms with Crippen LogP contribution in [-0.2, 0) is 9.84 Å². The van der Waals surface area contributed by atoms with Gasteiger partial charge in [-0.05, 0) is 48.9 Å². The number of hydrogen-bond donors (Lipinski definition) is 1. The number of carbonyl (C=O) groups is 1. The van der Waals surface area contributed by atoms with Gasteiger partial charge in [0, 0.05) is 24.2 Å². The summed E-state index contributed by atoms with van der Waals surface area (Å²) in [5.41, 5.74) is 3.35. The van der Waals surface area contributed by atoms with E-state index in [-0.39, 0.29) is 16.5 Å². The van der Waals surface area contributed by atoms with E-state index in [0.717, 1.165) is 11.8 Å². The summed E-state index contributed by atoms with van der Waals surface area (Å²) >= 11 is 0. The van der Waals surface area contributed by atoms with Gasteiger partial charge in [-0.25, -0.2) is 23.1 Å². The Morgan fingerprint density at radius 2 is 1.73 bits per heavy atom. The molecular formula is C23H18N6O3S. The molecule has 0 atom stereocenters. The van der Waals surface area contributed by atoms with E-state index in [4.69, 9.17) is 5.26 Å². The van der Waals surface area contributed by atoms with Crippen molar-refractivity contribution in [2.45, 2.75) is 11.8 Å². The van der Waals surface area contributed by atoms with E-state index in [1.807, 2.05) is 0 Å². The van der Waals surface area contributed by atoms with Gasteiger partial charge in [0.05, 0.1) is 27.9 Å². The highest BCUT2D eigenvalue weighted by atomic mass is 32.2. The van der Waals surface area contributed by atoms with Crippen molar-refractivity contribution in [2.75, 3.05) is 11.6 Å². The van der Waals surface area contributed by atoms with Crippen molar-refractivity contribution in [3.8, 4) is 22.9 Å². The second-order valence-electron chi connectivity index (χ2n) is 7.29. The molecule has 33 heavy (non-hydrogen) atoms. The van der Waals surface area contributed by atoms with Crippen LogP contribution in [0.25, 0.3) is 16.8 Å². The molecule has 2 aromatic heterocycles. The third-order valence-corrected chi connectivity index (χ3v) is 5.91. The van der Waals surface area contributed by atoms with Crippen molar-refractivity contribution in [1.29, 1.82) is 5.26 Å². The topological polar surface area (TPSA) is 131 Å². The zero-order chi connectivity index (χ0) is 23.6. The van der Waals surface area contributed by atoms with Crippen molar-refractivity contribution in [3.05, 3.63) is 83.9 Å². The summed E-state index contributed by atoms with van der Waals surface area (Å²) in [7, 11) is -3.28. The number of anilines is 1. The maximum atomic E-state index is 12.9. The molecule has 164 valence electrons. The number of nitrogens with one attached hydrogen (secondary N) is 1. The molecule has 0 aliphatic carbocycles. The largest absolute Gasteiger partial charge is 0.289 e. The second kappa shape index (κ2) is 8.64. The van der Waals surface area contributed by atoms with Crippen LogP contribution in [0.2, 0.25) is 0 Å². The van der Waals surface area contributed by atoms with Crippen molar-refractivity contribution < 1.29 is 13.2 Å². The maximum absolute atomic E-state index is 12.9. The third kappa shape index (κ3) is 4.78. The minimum absolute atomic E-state index is 0.104. The summed E-state index contributed by atoms with van der Waals surface area (Å²) in [5, 5.41) is 16.2. The van der Waals surface area contributed by atoms with Crippen molar-refractivity contribution in [3.63, 3.8) is 0 Å². The molecule has 1 N–H and O–H groups in total. The number of benzene rings is 2. The van der Waals surface area contributed by atoms with Gasteiger partial charge in [0.1, 0.15) is 5.69 Å². The zero-order valence-electron chi connectivity index (χ0n) is 17.7. The summed E-state index contributed by atoms with van der Waals surface area (Å²) in [6.45, 7) is 1.77. The molecule has 9 nitrogen and oxygen atoms in total. The van der Waals surface area contributed by atoms with Crippen molar-refractivity contribution >= 4 is 21.7 Å². The van der Waals surface area contributed by atoms with E-state index in [1.54, 1.807) is 49.4 Å². The van der Waals surface area contributed by atoms with Crippen LogP contribution in [-0.4, -0.2) is 40.3 Å². The molecule has 0 saturated heterocycles. The fourth-order valence-corrected chi connectivity index (χ4v) is 3.80.